The zero-order valence-corrected chi connectivity index (χ0v) is 35.9. The highest BCUT2D eigenvalue weighted by molar-refractivity contribution is 7.90. The summed E-state index contributed by atoms with van der Waals surface area (Å²) in [6.45, 7) is 7.30. The van der Waals surface area contributed by atoms with Gasteiger partial charge < -0.3 is 24.8 Å². The average molecular weight is 818 g/mol. The van der Waals surface area contributed by atoms with Crippen LogP contribution < -0.4 is 15.0 Å². The lowest BCUT2D eigenvalue weighted by Crippen LogP contribution is -2.47. The van der Waals surface area contributed by atoms with Crippen molar-refractivity contribution in [2.24, 2.45) is 9.98 Å². The van der Waals surface area contributed by atoms with Crippen molar-refractivity contribution in [3.63, 3.8) is 0 Å². The van der Waals surface area contributed by atoms with Gasteiger partial charge in [0.1, 0.15) is 10.6 Å². The van der Waals surface area contributed by atoms with Gasteiger partial charge in [0.05, 0.1) is 43.5 Å². The monoisotopic (exact) mass is 817 g/mol. The Balaban J connectivity index is 1.64. The molecule has 0 fully saturated rings. The average Bonchev–Trinajstić information content (AvgIpc) is 3.22. The van der Waals surface area contributed by atoms with Gasteiger partial charge in [-0.05, 0) is 74.4 Å². The molecule has 1 heterocycles. The number of hydrogen-bond acceptors (Lipinski definition) is 10. The quantitative estimate of drug-likeness (QED) is 0.0488. The number of amides is 1. The van der Waals surface area contributed by atoms with E-state index >= 15 is 0 Å². The molecule has 0 atom stereocenters. The molecule has 4 rings (SSSR count). The molecule has 58 heavy (non-hydrogen) atoms. The van der Waals surface area contributed by atoms with E-state index in [4.69, 9.17) is 19.5 Å². The number of sulfonamides is 1. The number of nitrogens with one attached hydrogen (secondary N) is 1. The van der Waals surface area contributed by atoms with Crippen LogP contribution in [0.25, 0.3) is 0 Å². The number of carbonyl (C=O) groups excluding carboxylic acids is 2. The molecule has 0 aliphatic carbocycles. The normalized spacial score (nSPS) is 13.4. The number of amidine groups is 1. The van der Waals surface area contributed by atoms with Crippen LogP contribution in [0.1, 0.15) is 120 Å². The molecule has 12 nitrogen and oxygen atoms in total. The van der Waals surface area contributed by atoms with E-state index in [2.05, 4.69) is 12.2 Å². The summed E-state index contributed by atoms with van der Waals surface area (Å²) in [6, 6.07) is 16.5. The van der Waals surface area contributed by atoms with E-state index in [9.17, 15) is 23.1 Å². The van der Waals surface area contributed by atoms with E-state index in [-0.39, 0.29) is 52.3 Å². The van der Waals surface area contributed by atoms with Crippen molar-refractivity contribution < 1.29 is 32.6 Å². The molecule has 316 valence electrons. The number of fused-ring (bicyclic) bond motifs is 1. The Morgan fingerprint density at radius 2 is 1.48 bits per heavy atom. The number of aliphatic hydroxyl groups excluding tert-OH is 1. The summed E-state index contributed by atoms with van der Waals surface area (Å²) in [7, 11) is -1.44. The Kier molecular flexibility index (Phi) is 18.7. The van der Waals surface area contributed by atoms with Gasteiger partial charge in [-0.25, -0.2) is 27.5 Å². The predicted octanol–water partition coefficient (Wildman–Crippen LogP) is 9.54. The van der Waals surface area contributed by atoms with Crippen LogP contribution in [0.2, 0.25) is 0 Å². The van der Waals surface area contributed by atoms with Gasteiger partial charge in [-0.15, -0.1) is 0 Å². The number of hydrogen-bond donors (Lipinski definition) is 2. The van der Waals surface area contributed by atoms with Crippen molar-refractivity contribution in [1.29, 1.82) is 0 Å². The second-order valence-corrected chi connectivity index (χ2v) is 16.5. The first-order valence-corrected chi connectivity index (χ1v) is 22.4. The van der Waals surface area contributed by atoms with E-state index in [1.807, 2.05) is 30.9 Å². The van der Waals surface area contributed by atoms with Crippen molar-refractivity contribution in [3.05, 3.63) is 71.8 Å². The van der Waals surface area contributed by atoms with Gasteiger partial charge in [-0.2, -0.15) is 0 Å². The van der Waals surface area contributed by atoms with Gasteiger partial charge in [-0.3, -0.25) is 4.79 Å². The van der Waals surface area contributed by atoms with Gasteiger partial charge in [0, 0.05) is 25.3 Å². The Morgan fingerprint density at radius 3 is 2.07 bits per heavy atom. The SMILES string of the molecule is CCCCCCCCCCCCCCCCN1C(C(=Nc2ccc(N(CC)CCO)cc2C)C(=O)Nc2cc(C(=O)OC)ccc2OC)=Nc2ccccc2S1(=O)=O. The number of likely N-dealkylation sites (N-methyl/N-ethyl adjacent to an activating group) is 1. The Bertz CT molecular complexity index is 1980. The van der Waals surface area contributed by atoms with E-state index in [1.54, 1.807) is 24.3 Å². The van der Waals surface area contributed by atoms with Crippen molar-refractivity contribution >= 4 is 56.2 Å². The van der Waals surface area contributed by atoms with Crippen LogP contribution in [-0.4, -0.2) is 81.7 Å². The summed E-state index contributed by atoms with van der Waals surface area (Å²) in [5.41, 5.74) is 2.34. The molecule has 13 heteroatoms. The molecule has 2 N–H and O–H groups in total. The number of rotatable bonds is 25. The lowest BCUT2D eigenvalue weighted by atomic mass is 10.0. The number of esters is 1. The molecule has 1 aliphatic heterocycles. The lowest BCUT2D eigenvalue weighted by Gasteiger charge is -2.30. The van der Waals surface area contributed by atoms with Gasteiger partial charge in [0.25, 0.3) is 15.9 Å². The molecule has 0 unspecified atom stereocenters. The molecule has 0 saturated heterocycles. The van der Waals surface area contributed by atoms with Crippen molar-refractivity contribution in [2.75, 3.05) is 50.7 Å². The Labute approximate surface area is 345 Å². The standard InChI is InChI=1S/C45H63N5O7S/c1-6-8-9-10-11-12-13-14-15-16-17-18-19-22-29-50-43(47-38-23-20-21-24-41(38)58(50,54)55)42(46-37-27-26-36(32-34(37)3)49(7-2)30-31-51)44(52)48-39-33-35(45(53)57-5)25-28-40(39)56-4/h20-21,23-28,32-33,51H,6-19,22,29-31H2,1-5H3,(H,48,52). The fourth-order valence-electron chi connectivity index (χ4n) is 7.12. The molecule has 3 aromatic rings. The van der Waals surface area contributed by atoms with Crippen molar-refractivity contribution in [1.82, 2.24) is 4.31 Å². The number of nitrogens with zero attached hydrogens (tertiary/aromatic N) is 4. The predicted molar refractivity (Wildman–Crippen MR) is 234 cm³/mol. The minimum Gasteiger partial charge on any atom is -0.495 e. The maximum atomic E-state index is 14.6. The number of unbranched alkanes of at least 4 members (excludes halogenated alkanes) is 13. The molecule has 1 aliphatic rings. The van der Waals surface area contributed by atoms with E-state index < -0.39 is 21.9 Å². The smallest absolute Gasteiger partial charge is 0.337 e. The number of aliphatic imine (C=N–C) groups is 2. The summed E-state index contributed by atoms with van der Waals surface area (Å²) < 4.78 is 40.4. The zero-order valence-electron chi connectivity index (χ0n) is 35.1. The van der Waals surface area contributed by atoms with Crippen molar-refractivity contribution in [2.45, 2.75) is 116 Å². The topological polar surface area (TPSA) is 150 Å². The second kappa shape index (κ2) is 23.6. The van der Waals surface area contributed by atoms with Crippen LogP contribution in [0.4, 0.5) is 22.7 Å². The lowest BCUT2D eigenvalue weighted by molar-refractivity contribution is -0.110. The van der Waals surface area contributed by atoms with Gasteiger partial charge >= 0.3 is 5.97 Å². The van der Waals surface area contributed by atoms with Crippen molar-refractivity contribution in [3.8, 4) is 5.75 Å². The van der Waals surface area contributed by atoms with E-state index in [0.717, 1.165) is 36.9 Å². The Morgan fingerprint density at radius 1 is 0.845 bits per heavy atom. The summed E-state index contributed by atoms with van der Waals surface area (Å²) in [5.74, 6) is -1.19. The minimum atomic E-state index is -4.14. The van der Waals surface area contributed by atoms with E-state index in [0.29, 0.717) is 25.2 Å². The number of aryl methyl sites for hydroxylation is 1. The van der Waals surface area contributed by atoms with Crippen LogP contribution in [0.15, 0.2) is 75.5 Å². The number of methoxy groups -OCH3 is 2. The highest BCUT2D eigenvalue weighted by Gasteiger charge is 2.38. The first-order valence-electron chi connectivity index (χ1n) is 20.9. The minimum absolute atomic E-state index is 0.0112. The molecule has 0 saturated carbocycles. The van der Waals surface area contributed by atoms with Crippen LogP contribution in [0.3, 0.4) is 0 Å². The summed E-state index contributed by atoms with van der Waals surface area (Å²) in [4.78, 5) is 38.8. The highest BCUT2D eigenvalue weighted by atomic mass is 32.2. The third-order valence-electron chi connectivity index (χ3n) is 10.4. The van der Waals surface area contributed by atoms with Crippen LogP contribution in [0.5, 0.6) is 5.75 Å². The molecule has 1 amide bonds. The fourth-order valence-corrected chi connectivity index (χ4v) is 8.71. The molecule has 0 radical (unpaired) electrons. The largest absolute Gasteiger partial charge is 0.495 e. The van der Waals surface area contributed by atoms with Gasteiger partial charge in [-0.1, -0.05) is 103 Å². The summed E-state index contributed by atoms with van der Waals surface area (Å²) >= 11 is 0. The number of anilines is 2. The fraction of sp³-hybridized carbons (Fsp3) is 0.511. The van der Waals surface area contributed by atoms with Crippen LogP contribution in [-0.2, 0) is 19.6 Å². The molecular formula is C45H63N5O7S. The second-order valence-electron chi connectivity index (χ2n) is 14.7. The van der Waals surface area contributed by atoms with Gasteiger partial charge in [0.2, 0.25) is 0 Å². The Hall–Kier alpha value is -4.75. The van der Waals surface area contributed by atoms with E-state index in [1.165, 1.54) is 101 Å². The molecule has 0 aromatic heterocycles. The molecule has 3 aromatic carbocycles. The summed E-state index contributed by atoms with van der Waals surface area (Å²) in [5, 5.41) is 12.4. The van der Waals surface area contributed by atoms with Crippen LogP contribution >= 0.6 is 0 Å². The van der Waals surface area contributed by atoms with Crippen LogP contribution in [0, 0.1) is 6.92 Å². The number of para-hydroxylation sites is 1. The first-order chi connectivity index (χ1) is 28.1. The number of aliphatic hydroxyl groups is 1. The number of benzene rings is 3. The first kappa shape index (κ1) is 45.9. The highest BCUT2D eigenvalue weighted by Crippen LogP contribution is 2.34. The molecule has 0 spiro atoms. The third-order valence-corrected chi connectivity index (χ3v) is 12.3. The maximum Gasteiger partial charge on any atom is 0.337 e. The molecule has 0 bridgehead atoms. The zero-order chi connectivity index (χ0) is 41.9. The third kappa shape index (κ3) is 12.6. The van der Waals surface area contributed by atoms with Gasteiger partial charge in [0.15, 0.2) is 11.5 Å². The maximum absolute atomic E-state index is 14.6. The number of ether oxygens (including phenoxy) is 2. The summed E-state index contributed by atoms with van der Waals surface area (Å²) in [6.07, 6.45) is 16.3. The number of carbonyl (C=O) groups is 2. The molecular weight excluding hydrogens is 755 g/mol.